The highest BCUT2D eigenvalue weighted by Crippen LogP contribution is 2.41. The van der Waals surface area contributed by atoms with E-state index in [9.17, 15) is 10.2 Å². The Hall–Kier alpha value is -3.28. The number of aromatic nitrogens is 6. The number of aryl methyl sites for hydroxylation is 2. The second-order valence-corrected chi connectivity index (χ2v) is 10.1. The fourth-order valence-corrected chi connectivity index (χ4v) is 5.76. The Kier molecular flexibility index (Phi) is 5.35. The molecule has 1 atom stereocenters. The molecule has 0 spiro atoms. The lowest BCUT2D eigenvalue weighted by atomic mass is 9.96. The lowest BCUT2D eigenvalue weighted by Crippen LogP contribution is -2.52. The maximum atomic E-state index is 11.0. The summed E-state index contributed by atoms with van der Waals surface area (Å²) < 4.78 is 9.29. The van der Waals surface area contributed by atoms with E-state index in [0.717, 1.165) is 59.4 Å². The summed E-state index contributed by atoms with van der Waals surface area (Å²) in [7, 11) is 1.60. The van der Waals surface area contributed by atoms with Crippen LogP contribution in [0, 0.1) is 6.92 Å². The third kappa shape index (κ3) is 3.79. The molecule has 4 aromatic rings. The quantitative estimate of drug-likeness (QED) is 0.436. The van der Waals surface area contributed by atoms with Crippen molar-refractivity contribution >= 4 is 22.3 Å². The number of rotatable bonds is 5. The molecule has 2 aliphatic rings. The Balaban J connectivity index is 1.38. The number of hydrogen-bond acceptors (Lipinski definition) is 9. The minimum Gasteiger partial charge on any atom is -0.479 e. The van der Waals surface area contributed by atoms with Crippen molar-refractivity contribution in [3.05, 3.63) is 47.0 Å². The van der Waals surface area contributed by atoms with E-state index >= 15 is 0 Å². The van der Waals surface area contributed by atoms with Crippen molar-refractivity contribution in [2.24, 2.45) is 0 Å². The smallest absolute Gasteiger partial charge is 0.238 e. The van der Waals surface area contributed by atoms with E-state index < -0.39 is 5.60 Å². The van der Waals surface area contributed by atoms with Crippen LogP contribution in [0.2, 0.25) is 0 Å². The standard InChI is InChI=1S/C24H27N7O3S/c1-15-9-29(14-25-15)20-8-7-18(26-21(20)34-2)19-10-35-23(27-19)30-11-24(33,13-32)12-31-22(30)16-5-3-4-6-17(16)28-31/h7-10,14,32-33H,3-6,11-13H2,1-2H3. The fourth-order valence-electron chi connectivity index (χ4n) is 4.94. The van der Waals surface area contributed by atoms with Crippen LogP contribution in [0.1, 0.15) is 29.8 Å². The van der Waals surface area contributed by atoms with Gasteiger partial charge in [0.1, 0.15) is 22.8 Å². The first kappa shape index (κ1) is 22.2. The molecule has 0 saturated heterocycles. The summed E-state index contributed by atoms with van der Waals surface area (Å²) >= 11 is 1.48. The van der Waals surface area contributed by atoms with Crippen molar-refractivity contribution in [1.29, 1.82) is 0 Å². The molecular formula is C24H27N7O3S. The van der Waals surface area contributed by atoms with Crippen molar-refractivity contribution in [3.8, 4) is 23.0 Å². The summed E-state index contributed by atoms with van der Waals surface area (Å²) in [4.78, 5) is 15.9. The van der Waals surface area contributed by atoms with Gasteiger partial charge >= 0.3 is 0 Å². The minimum absolute atomic E-state index is 0.254. The van der Waals surface area contributed by atoms with E-state index in [2.05, 4.69) is 4.98 Å². The highest BCUT2D eigenvalue weighted by Gasteiger charge is 2.40. The van der Waals surface area contributed by atoms with Crippen molar-refractivity contribution in [1.82, 2.24) is 29.3 Å². The molecule has 4 aromatic heterocycles. The van der Waals surface area contributed by atoms with Gasteiger partial charge in [-0.05, 0) is 44.7 Å². The minimum atomic E-state index is -1.29. The number of nitrogens with zero attached hydrogens (tertiary/aromatic N) is 7. The van der Waals surface area contributed by atoms with Crippen LogP contribution in [0.15, 0.2) is 30.0 Å². The molecule has 0 fully saturated rings. The van der Waals surface area contributed by atoms with E-state index in [0.29, 0.717) is 11.6 Å². The molecule has 0 radical (unpaired) electrons. The third-order valence-corrected chi connectivity index (χ3v) is 7.51. The van der Waals surface area contributed by atoms with Gasteiger partial charge in [-0.3, -0.25) is 4.90 Å². The zero-order valence-electron chi connectivity index (χ0n) is 19.7. The fraction of sp³-hybridized carbons (Fsp3) is 0.417. The summed E-state index contributed by atoms with van der Waals surface area (Å²) in [6.45, 7) is 2.11. The van der Waals surface area contributed by atoms with Gasteiger partial charge in [-0.2, -0.15) is 5.10 Å². The van der Waals surface area contributed by atoms with Gasteiger partial charge < -0.3 is 19.5 Å². The van der Waals surface area contributed by atoms with Crippen LogP contribution in [-0.2, 0) is 19.4 Å². The number of aliphatic hydroxyl groups is 2. The van der Waals surface area contributed by atoms with Crippen LogP contribution in [-0.4, -0.2) is 65.4 Å². The van der Waals surface area contributed by atoms with Crippen LogP contribution >= 0.6 is 11.3 Å². The molecule has 0 bridgehead atoms. The summed E-state index contributed by atoms with van der Waals surface area (Å²) in [6.07, 6.45) is 7.80. The summed E-state index contributed by atoms with van der Waals surface area (Å²) in [5, 5.41) is 28.5. The Labute approximate surface area is 206 Å². The van der Waals surface area contributed by atoms with Gasteiger partial charge in [0, 0.05) is 17.1 Å². The van der Waals surface area contributed by atoms with Crippen molar-refractivity contribution in [3.63, 3.8) is 0 Å². The highest BCUT2D eigenvalue weighted by atomic mass is 32.1. The molecule has 182 valence electrons. The van der Waals surface area contributed by atoms with Gasteiger partial charge in [0.05, 0.1) is 50.2 Å². The monoisotopic (exact) mass is 493 g/mol. The number of anilines is 2. The summed E-state index contributed by atoms with van der Waals surface area (Å²) in [5.41, 5.74) is 4.14. The number of imidazole rings is 1. The maximum absolute atomic E-state index is 11.0. The van der Waals surface area contributed by atoms with Crippen LogP contribution in [0.4, 0.5) is 10.9 Å². The number of aliphatic hydroxyl groups excluding tert-OH is 1. The number of fused-ring (bicyclic) bond motifs is 3. The van der Waals surface area contributed by atoms with Crippen LogP contribution in [0.25, 0.3) is 17.1 Å². The number of methoxy groups -OCH3 is 1. The average Bonchev–Trinajstić information content (AvgIpc) is 3.61. The van der Waals surface area contributed by atoms with Gasteiger partial charge in [-0.25, -0.2) is 19.6 Å². The van der Waals surface area contributed by atoms with Crippen molar-refractivity contribution in [2.45, 2.75) is 44.8 Å². The van der Waals surface area contributed by atoms with E-state index in [1.165, 1.54) is 16.9 Å². The molecule has 1 aliphatic heterocycles. The van der Waals surface area contributed by atoms with Crippen LogP contribution < -0.4 is 9.64 Å². The maximum Gasteiger partial charge on any atom is 0.238 e. The Morgan fingerprint density at radius 1 is 1.14 bits per heavy atom. The van der Waals surface area contributed by atoms with Gasteiger partial charge in [0.25, 0.3) is 0 Å². The number of hydrogen-bond donors (Lipinski definition) is 2. The molecule has 0 aromatic carbocycles. The third-order valence-electron chi connectivity index (χ3n) is 6.65. The van der Waals surface area contributed by atoms with Gasteiger partial charge in [-0.15, -0.1) is 11.3 Å². The van der Waals surface area contributed by atoms with Gasteiger partial charge in [-0.1, -0.05) is 0 Å². The van der Waals surface area contributed by atoms with E-state index in [1.54, 1.807) is 13.4 Å². The van der Waals surface area contributed by atoms with Gasteiger partial charge in [0.2, 0.25) is 5.88 Å². The number of β-amino-alcohol motifs (C(OH)–C–C–N with tert-alkyl or cyclic N) is 1. The summed E-state index contributed by atoms with van der Waals surface area (Å²) in [5.74, 6) is 1.46. The van der Waals surface area contributed by atoms with E-state index in [1.807, 2.05) is 44.8 Å². The van der Waals surface area contributed by atoms with E-state index in [-0.39, 0.29) is 19.7 Å². The lowest BCUT2D eigenvalue weighted by Gasteiger charge is -2.38. The first-order valence-electron chi connectivity index (χ1n) is 11.7. The molecule has 35 heavy (non-hydrogen) atoms. The lowest BCUT2D eigenvalue weighted by molar-refractivity contribution is -0.0281. The zero-order chi connectivity index (χ0) is 24.2. The molecule has 0 amide bonds. The first-order valence-corrected chi connectivity index (χ1v) is 12.6. The number of pyridine rings is 1. The van der Waals surface area contributed by atoms with Crippen molar-refractivity contribution < 1.29 is 14.9 Å². The van der Waals surface area contributed by atoms with Crippen LogP contribution in [0.5, 0.6) is 5.88 Å². The van der Waals surface area contributed by atoms with Crippen molar-refractivity contribution in [2.75, 3.05) is 25.2 Å². The topological polar surface area (TPSA) is 114 Å². The first-order chi connectivity index (χ1) is 17.0. The molecule has 1 aliphatic carbocycles. The molecule has 2 N–H and O–H groups in total. The zero-order valence-corrected chi connectivity index (χ0v) is 20.5. The second-order valence-electron chi connectivity index (χ2n) is 9.24. The molecule has 1 unspecified atom stereocenters. The molecular weight excluding hydrogens is 466 g/mol. The van der Waals surface area contributed by atoms with E-state index in [4.69, 9.17) is 19.8 Å². The molecule has 11 heteroatoms. The molecule has 6 rings (SSSR count). The number of ether oxygens (including phenoxy) is 1. The molecule has 0 saturated carbocycles. The average molecular weight is 494 g/mol. The largest absolute Gasteiger partial charge is 0.479 e. The molecule has 5 heterocycles. The Bertz CT molecular complexity index is 1390. The normalized spacial score (nSPS) is 19.5. The molecule has 10 nitrogen and oxygen atoms in total. The second kappa shape index (κ2) is 8.43. The predicted octanol–water partition coefficient (Wildman–Crippen LogP) is 2.66. The summed E-state index contributed by atoms with van der Waals surface area (Å²) in [6, 6.07) is 3.86. The van der Waals surface area contributed by atoms with Crippen LogP contribution in [0.3, 0.4) is 0 Å². The Morgan fingerprint density at radius 2 is 2.00 bits per heavy atom. The predicted molar refractivity (Wildman–Crippen MR) is 132 cm³/mol. The van der Waals surface area contributed by atoms with Gasteiger partial charge in [0.15, 0.2) is 5.13 Å². The number of thiazole rings is 1. The highest BCUT2D eigenvalue weighted by molar-refractivity contribution is 7.14. The Morgan fingerprint density at radius 3 is 2.77 bits per heavy atom. The SMILES string of the molecule is COc1nc(-c2csc(N3CC(O)(CO)Cn4nc5c(c43)CCCC5)n2)ccc1-n1cnc(C)c1.